The van der Waals surface area contributed by atoms with Gasteiger partial charge < -0.3 is 10.6 Å². The van der Waals surface area contributed by atoms with Gasteiger partial charge in [0, 0.05) is 37.3 Å². The van der Waals surface area contributed by atoms with Crippen LogP contribution in [0.5, 0.6) is 0 Å². The standard InChI is InChI=1S/C22H26ClN3O4S/c1-16-6-5-13-26(15-16)31(29,30)20-14-18(9-10-19(20)23)22(28)25-12-11-24-21(27)17-7-3-2-4-8-17/h2-4,7-10,14,16H,5-6,11-13,15H2,1H3,(H,24,27)(H,25,28). The van der Waals surface area contributed by atoms with E-state index in [1.807, 2.05) is 13.0 Å². The molecular formula is C22H26ClN3O4S. The molecule has 31 heavy (non-hydrogen) atoms. The van der Waals surface area contributed by atoms with Gasteiger partial charge >= 0.3 is 0 Å². The molecule has 2 amide bonds. The number of rotatable bonds is 7. The highest BCUT2D eigenvalue weighted by molar-refractivity contribution is 7.89. The Bertz CT molecular complexity index is 1040. The lowest BCUT2D eigenvalue weighted by atomic mass is 10.0. The van der Waals surface area contributed by atoms with Crippen molar-refractivity contribution in [1.29, 1.82) is 0 Å². The van der Waals surface area contributed by atoms with Gasteiger partial charge in [-0.25, -0.2) is 8.42 Å². The van der Waals surface area contributed by atoms with Gasteiger partial charge in [0.25, 0.3) is 11.8 Å². The second-order valence-corrected chi connectivity index (χ2v) is 9.95. The van der Waals surface area contributed by atoms with Crippen molar-refractivity contribution in [2.75, 3.05) is 26.2 Å². The van der Waals surface area contributed by atoms with Crippen molar-refractivity contribution >= 4 is 33.4 Å². The van der Waals surface area contributed by atoms with Crippen molar-refractivity contribution in [3.05, 3.63) is 64.7 Å². The third kappa shape index (κ3) is 5.84. The first-order chi connectivity index (χ1) is 14.8. The first-order valence-corrected chi connectivity index (χ1v) is 12.0. The van der Waals surface area contributed by atoms with Crippen molar-refractivity contribution in [3.8, 4) is 0 Å². The van der Waals surface area contributed by atoms with Crippen molar-refractivity contribution in [2.45, 2.75) is 24.7 Å². The van der Waals surface area contributed by atoms with E-state index in [2.05, 4.69) is 10.6 Å². The zero-order valence-electron chi connectivity index (χ0n) is 17.3. The summed E-state index contributed by atoms with van der Waals surface area (Å²) in [6.45, 7) is 3.34. The number of carbonyl (C=O) groups is 2. The van der Waals surface area contributed by atoms with Gasteiger partial charge in [0.1, 0.15) is 4.90 Å². The molecule has 2 aromatic carbocycles. The molecule has 0 spiro atoms. The summed E-state index contributed by atoms with van der Waals surface area (Å²) in [4.78, 5) is 24.5. The minimum absolute atomic E-state index is 0.0618. The number of halogens is 1. The Morgan fingerprint density at radius 2 is 1.68 bits per heavy atom. The predicted molar refractivity (Wildman–Crippen MR) is 120 cm³/mol. The quantitative estimate of drug-likeness (QED) is 0.617. The van der Waals surface area contributed by atoms with Crippen LogP contribution in [0.3, 0.4) is 0 Å². The summed E-state index contributed by atoms with van der Waals surface area (Å²) in [5.74, 6) is -0.389. The van der Waals surface area contributed by atoms with E-state index >= 15 is 0 Å². The summed E-state index contributed by atoms with van der Waals surface area (Å²) in [6.07, 6.45) is 1.79. The lowest BCUT2D eigenvalue weighted by Gasteiger charge is -2.30. The SMILES string of the molecule is CC1CCCN(S(=O)(=O)c2cc(C(=O)NCCNC(=O)c3ccccc3)ccc2Cl)C1. The molecule has 0 radical (unpaired) electrons. The van der Waals surface area contributed by atoms with Crippen molar-refractivity contribution < 1.29 is 18.0 Å². The number of nitrogens with one attached hydrogen (secondary N) is 2. The van der Waals surface area contributed by atoms with Gasteiger partial charge in [0.15, 0.2) is 0 Å². The fourth-order valence-corrected chi connectivity index (χ4v) is 5.59. The predicted octanol–water partition coefficient (Wildman–Crippen LogP) is 2.92. The van der Waals surface area contributed by atoms with Gasteiger partial charge in [0.2, 0.25) is 10.0 Å². The third-order valence-corrected chi connectivity index (χ3v) is 7.51. The molecule has 1 aliphatic rings. The summed E-state index contributed by atoms with van der Waals surface area (Å²) in [7, 11) is -3.78. The van der Waals surface area contributed by atoms with Crippen LogP contribution in [0.1, 0.15) is 40.5 Å². The van der Waals surface area contributed by atoms with Gasteiger partial charge in [-0.1, -0.05) is 36.7 Å². The molecule has 1 aliphatic heterocycles. The van der Waals surface area contributed by atoms with Gasteiger partial charge in [0.05, 0.1) is 5.02 Å². The van der Waals surface area contributed by atoms with Crippen LogP contribution < -0.4 is 10.6 Å². The van der Waals surface area contributed by atoms with Crippen molar-refractivity contribution in [1.82, 2.24) is 14.9 Å². The number of hydrogen-bond acceptors (Lipinski definition) is 4. The van der Waals surface area contributed by atoms with Crippen LogP contribution >= 0.6 is 11.6 Å². The van der Waals surface area contributed by atoms with Gasteiger partial charge in [-0.3, -0.25) is 9.59 Å². The molecule has 2 N–H and O–H groups in total. The first-order valence-electron chi connectivity index (χ1n) is 10.2. The topological polar surface area (TPSA) is 95.6 Å². The molecule has 3 rings (SSSR count). The van der Waals surface area contributed by atoms with E-state index in [1.165, 1.54) is 22.5 Å². The van der Waals surface area contributed by atoms with E-state index in [-0.39, 0.29) is 40.4 Å². The highest BCUT2D eigenvalue weighted by atomic mass is 35.5. The molecule has 1 fully saturated rings. The van der Waals surface area contributed by atoms with Crippen LogP contribution in [0.2, 0.25) is 5.02 Å². The highest BCUT2D eigenvalue weighted by Crippen LogP contribution is 2.29. The number of hydrogen-bond donors (Lipinski definition) is 2. The zero-order chi connectivity index (χ0) is 22.4. The van der Waals surface area contributed by atoms with Gasteiger partial charge in [-0.2, -0.15) is 4.31 Å². The van der Waals surface area contributed by atoms with Crippen LogP contribution in [0.25, 0.3) is 0 Å². The molecule has 166 valence electrons. The maximum Gasteiger partial charge on any atom is 0.251 e. The minimum atomic E-state index is -3.78. The molecule has 0 saturated carbocycles. The van der Waals surface area contributed by atoms with E-state index in [4.69, 9.17) is 11.6 Å². The molecule has 0 bridgehead atoms. The lowest BCUT2D eigenvalue weighted by molar-refractivity contribution is 0.0927. The van der Waals surface area contributed by atoms with Gasteiger partial charge in [-0.15, -0.1) is 0 Å². The molecule has 2 aromatic rings. The summed E-state index contributed by atoms with van der Waals surface area (Å²) >= 11 is 6.18. The third-order valence-electron chi connectivity index (χ3n) is 5.16. The molecule has 1 saturated heterocycles. The van der Waals surface area contributed by atoms with Crippen LogP contribution in [-0.2, 0) is 10.0 Å². The fourth-order valence-electron chi connectivity index (χ4n) is 3.49. The molecular weight excluding hydrogens is 438 g/mol. The average molecular weight is 464 g/mol. The lowest BCUT2D eigenvalue weighted by Crippen LogP contribution is -2.39. The van der Waals surface area contributed by atoms with E-state index in [0.717, 1.165) is 12.8 Å². The van der Waals surface area contributed by atoms with E-state index in [1.54, 1.807) is 24.3 Å². The van der Waals surface area contributed by atoms with Crippen LogP contribution in [0.15, 0.2) is 53.4 Å². The Hall–Kier alpha value is -2.42. The Balaban J connectivity index is 1.61. The molecule has 1 atom stereocenters. The number of piperidine rings is 1. The smallest absolute Gasteiger partial charge is 0.251 e. The number of carbonyl (C=O) groups excluding carboxylic acids is 2. The van der Waals surface area contributed by atoms with Crippen molar-refractivity contribution in [3.63, 3.8) is 0 Å². The normalized spacial score (nSPS) is 17.2. The molecule has 1 heterocycles. The molecule has 9 heteroatoms. The maximum atomic E-state index is 13.1. The zero-order valence-corrected chi connectivity index (χ0v) is 18.9. The van der Waals surface area contributed by atoms with Crippen LogP contribution in [0.4, 0.5) is 0 Å². The molecule has 7 nitrogen and oxygen atoms in total. The van der Waals surface area contributed by atoms with E-state index < -0.39 is 15.9 Å². The minimum Gasteiger partial charge on any atom is -0.350 e. The summed E-state index contributed by atoms with van der Waals surface area (Å²) in [5, 5.41) is 5.49. The first kappa shape index (κ1) is 23.2. The largest absolute Gasteiger partial charge is 0.350 e. The second kappa shape index (κ2) is 10.3. The van der Waals surface area contributed by atoms with E-state index in [0.29, 0.717) is 18.7 Å². The number of benzene rings is 2. The molecule has 0 aliphatic carbocycles. The molecule has 0 aromatic heterocycles. The monoisotopic (exact) mass is 463 g/mol. The maximum absolute atomic E-state index is 13.1. The van der Waals surface area contributed by atoms with Gasteiger partial charge in [-0.05, 0) is 49.1 Å². The number of amides is 2. The van der Waals surface area contributed by atoms with E-state index in [9.17, 15) is 18.0 Å². The van der Waals surface area contributed by atoms with Crippen LogP contribution in [-0.4, -0.2) is 50.7 Å². The Morgan fingerprint density at radius 3 is 2.32 bits per heavy atom. The number of sulfonamides is 1. The summed E-state index contributed by atoms with van der Waals surface area (Å²) in [5.41, 5.74) is 0.732. The Morgan fingerprint density at radius 1 is 1.03 bits per heavy atom. The second-order valence-electron chi connectivity index (χ2n) is 7.63. The Kier molecular flexibility index (Phi) is 7.69. The van der Waals surface area contributed by atoms with Crippen LogP contribution in [0, 0.1) is 5.92 Å². The summed E-state index contributed by atoms with van der Waals surface area (Å²) in [6, 6.07) is 13.0. The fraction of sp³-hybridized carbons (Fsp3) is 0.364. The van der Waals surface area contributed by atoms with Crippen molar-refractivity contribution in [2.24, 2.45) is 5.92 Å². The highest BCUT2D eigenvalue weighted by Gasteiger charge is 2.30. The Labute approximate surface area is 187 Å². The molecule has 1 unspecified atom stereocenters. The average Bonchev–Trinajstić information content (AvgIpc) is 2.77. The number of nitrogens with zero attached hydrogens (tertiary/aromatic N) is 1. The summed E-state index contributed by atoms with van der Waals surface area (Å²) < 4.78 is 27.6.